The monoisotopic (exact) mass is 334 g/mol. The van der Waals surface area contributed by atoms with Gasteiger partial charge in [-0.25, -0.2) is 0 Å². The maximum Gasteiger partial charge on any atom is 0.232 e. The molecule has 0 spiro atoms. The Labute approximate surface area is 144 Å². The highest BCUT2D eigenvalue weighted by Crippen LogP contribution is 2.30. The molecule has 0 unspecified atom stereocenters. The van der Waals surface area contributed by atoms with Crippen molar-refractivity contribution in [2.75, 3.05) is 19.6 Å². The summed E-state index contributed by atoms with van der Waals surface area (Å²) < 4.78 is 0. The van der Waals surface area contributed by atoms with Gasteiger partial charge in [0.2, 0.25) is 5.91 Å². The summed E-state index contributed by atoms with van der Waals surface area (Å²) in [5, 5.41) is 4.37. The standard InChI is InChI=1S/C19H27ClN2O/c1-19(2,15-5-7-16(20)8-6-15)18(23)22-11-9-17(10-12-22)21-13-14-3-4-14/h5-8,14,17,21H,3-4,9-13H2,1-2H3. The van der Waals surface area contributed by atoms with Gasteiger partial charge in [-0.1, -0.05) is 23.7 Å². The van der Waals surface area contributed by atoms with Gasteiger partial charge in [0.15, 0.2) is 0 Å². The molecule has 1 aliphatic heterocycles. The zero-order valence-electron chi connectivity index (χ0n) is 14.1. The van der Waals surface area contributed by atoms with Gasteiger partial charge in [-0.3, -0.25) is 4.79 Å². The number of hydrogen-bond donors (Lipinski definition) is 1. The van der Waals surface area contributed by atoms with E-state index in [1.165, 1.54) is 12.8 Å². The second-order valence-corrected chi connectivity index (χ2v) is 7.99. The van der Waals surface area contributed by atoms with Gasteiger partial charge in [0.1, 0.15) is 0 Å². The Morgan fingerprint density at radius 2 is 1.78 bits per heavy atom. The molecular formula is C19H27ClN2O. The number of benzene rings is 1. The lowest BCUT2D eigenvalue weighted by molar-refractivity contribution is -0.137. The molecule has 3 rings (SSSR count). The third-order valence-electron chi connectivity index (χ3n) is 5.27. The molecule has 2 aliphatic rings. The first-order valence-electron chi connectivity index (χ1n) is 8.75. The third-order valence-corrected chi connectivity index (χ3v) is 5.53. The summed E-state index contributed by atoms with van der Waals surface area (Å²) in [6.07, 6.45) is 4.91. The van der Waals surface area contributed by atoms with Crippen molar-refractivity contribution in [2.45, 2.75) is 51.0 Å². The van der Waals surface area contributed by atoms with Crippen molar-refractivity contribution in [1.82, 2.24) is 10.2 Å². The van der Waals surface area contributed by atoms with Gasteiger partial charge in [0.05, 0.1) is 5.41 Å². The van der Waals surface area contributed by atoms with Crippen LogP contribution in [-0.2, 0) is 10.2 Å². The van der Waals surface area contributed by atoms with E-state index in [4.69, 9.17) is 11.6 Å². The average Bonchev–Trinajstić information content (AvgIpc) is 3.37. The molecule has 3 nitrogen and oxygen atoms in total. The zero-order valence-corrected chi connectivity index (χ0v) is 14.9. The Morgan fingerprint density at radius 1 is 1.17 bits per heavy atom. The summed E-state index contributed by atoms with van der Waals surface area (Å²) >= 11 is 5.96. The van der Waals surface area contributed by atoms with Crippen molar-refractivity contribution < 1.29 is 4.79 Å². The van der Waals surface area contributed by atoms with Crippen LogP contribution in [0.4, 0.5) is 0 Å². The quantitative estimate of drug-likeness (QED) is 0.892. The van der Waals surface area contributed by atoms with Crippen molar-refractivity contribution in [1.29, 1.82) is 0 Å². The van der Waals surface area contributed by atoms with Crippen LogP contribution in [0.15, 0.2) is 24.3 Å². The van der Waals surface area contributed by atoms with E-state index in [0.29, 0.717) is 11.1 Å². The lowest BCUT2D eigenvalue weighted by Crippen LogP contribution is -2.50. The van der Waals surface area contributed by atoms with E-state index in [2.05, 4.69) is 5.32 Å². The van der Waals surface area contributed by atoms with E-state index >= 15 is 0 Å². The minimum atomic E-state index is -0.501. The molecule has 1 N–H and O–H groups in total. The maximum atomic E-state index is 13.0. The van der Waals surface area contributed by atoms with Gasteiger partial charge >= 0.3 is 0 Å². The molecule has 23 heavy (non-hydrogen) atoms. The highest BCUT2D eigenvalue weighted by atomic mass is 35.5. The Balaban J connectivity index is 1.56. The minimum absolute atomic E-state index is 0.223. The van der Waals surface area contributed by atoms with Crippen molar-refractivity contribution in [3.05, 3.63) is 34.9 Å². The first-order valence-corrected chi connectivity index (χ1v) is 9.13. The Morgan fingerprint density at radius 3 is 2.35 bits per heavy atom. The highest BCUT2D eigenvalue weighted by molar-refractivity contribution is 6.30. The molecule has 2 fully saturated rings. The van der Waals surface area contributed by atoms with Crippen molar-refractivity contribution in [3.63, 3.8) is 0 Å². The Hall–Kier alpha value is -1.06. The molecule has 1 aliphatic carbocycles. The van der Waals surface area contributed by atoms with E-state index in [-0.39, 0.29) is 5.91 Å². The van der Waals surface area contributed by atoms with Gasteiger partial charge in [-0.2, -0.15) is 0 Å². The van der Waals surface area contributed by atoms with Crippen LogP contribution in [0.5, 0.6) is 0 Å². The molecule has 1 heterocycles. The number of carbonyl (C=O) groups is 1. The number of amides is 1. The molecule has 1 saturated heterocycles. The van der Waals surface area contributed by atoms with Crippen LogP contribution in [0.1, 0.15) is 45.1 Å². The summed E-state index contributed by atoms with van der Waals surface area (Å²) in [6, 6.07) is 8.23. The molecule has 1 amide bonds. The number of nitrogens with zero attached hydrogens (tertiary/aromatic N) is 1. The predicted molar refractivity (Wildman–Crippen MR) is 94.8 cm³/mol. The molecule has 4 heteroatoms. The third kappa shape index (κ3) is 4.07. The van der Waals surface area contributed by atoms with E-state index in [1.807, 2.05) is 43.0 Å². The fraction of sp³-hybridized carbons (Fsp3) is 0.632. The lowest BCUT2D eigenvalue weighted by atomic mass is 9.82. The number of piperidine rings is 1. The minimum Gasteiger partial charge on any atom is -0.342 e. The molecule has 126 valence electrons. The molecule has 0 bridgehead atoms. The molecule has 1 aromatic carbocycles. The zero-order chi connectivity index (χ0) is 16.4. The van der Waals surface area contributed by atoms with Crippen LogP contribution in [-0.4, -0.2) is 36.5 Å². The largest absolute Gasteiger partial charge is 0.342 e. The Kier molecular flexibility index (Phi) is 4.98. The molecule has 0 atom stereocenters. The summed E-state index contributed by atoms with van der Waals surface area (Å²) in [6.45, 7) is 6.90. The van der Waals surface area contributed by atoms with E-state index < -0.39 is 5.41 Å². The average molecular weight is 335 g/mol. The number of likely N-dealkylation sites (tertiary alicyclic amines) is 1. The van der Waals surface area contributed by atoms with E-state index in [0.717, 1.165) is 44.0 Å². The number of halogens is 1. The fourth-order valence-electron chi connectivity index (χ4n) is 3.33. The second-order valence-electron chi connectivity index (χ2n) is 7.55. The highest BCUT2D eigenvalue weighted by Gasteiger charge is 2.35. The van der Waals surface area contributed by atoms with E-state index in [9.17, 15) is 4.79 Å². The van der Waals surface area contributed by atoms with Crippen LogP contribution in [0.2, 0.25) is 5.02 Å². The van der Waals surface area contributed by atoms with Gasteiger partial charge in [0, 0.05) is 24.2 Å². The van der Waals surface area contributed by atoms with Gasteiger partial charge in [0.25, 0.3) is 0 Å². The van der Waals surface area contributed by atoms with Crippen LogP contribution < -0.4 is 5.32 Å². The molecular weight excluding hydrogens is 308 g/mol. The summed E-state index contributed by atoms with van der Waals surface area (Å²) in [5.74, 6) is 1.14. The number of rotatable bonds is 5. The maximum absolute atomic E-state index is 13.0. The number of nitrogens with one attached hydrogen (secondary N) is 1. The molecule has 0 aromatic heterocycles. The van der Waals surface area contributed by atoms with Crippen LogP contribution in [0, 0.1) is 5.92 Å². The molecule has 1 saturated carbocycles. The lowest BCUT2D eigenvalue weighted by Gasteiger charge is -2.37. The molecule has 0 radical (unpaired) electrons. The van der Waals surface area contributed by atoms with Gasteiger partial charge < -0.3 is 10.2 Å². The number of carbonyl (C=O) groups excluding carboxylic acids is 1. The molecule has 1 aromatic rings. The van der Waals surface area contributed by atoms with Crippen LogP contribution in [0.25, 0.3) is 0 Å². The summed E-state index contributed by atoms with van der Waals surface area (Å²) in [4.78, 5) is 15.0. The van der Waals surface area contributed by atoms with Crippen LogP contribution in [0.3, 0.4) is 0 Å². The first kappa shape index (κ1) is 16.8. The number of hydrogen-bond acceptors (Lipinski definition) is 2. The van der Waals surface area contributed by atoms with E-state index in [1.54, 1.807) is 0 Å². The second kappa shape index (κ2) is 6.82. The summed E-state index contributed by atoms with van der Waals surface area (Å²) in [7, 11) is 0. The predicted octanol–water partition coefficient (Wildman–Crippen LogP) is 3.61. The normalized spacial score (nSPS) is 19.9. The van der Waals surface area contributed by atoms with Crippen molar-refractivity contribution in [2.24, 2.45) is 5.92 Å². The first-order chi connectivity index (χ1) is 11.0. The van der Waals surface area contributed by atoms with Crippen molar-refractivity contribution >= 4 is 17.5 Å². The topological polar surface area (TPSA) is 32.3 Å². The SMILES string of the molecule is CC(C)(C(=O)N1CCC(NCC2CC2)CC1)c1ccc(Cl)cc1. The summed E-state index contributed by atoms with van der Waals surface area (Å²) in [5.41, 5.74) is 0.527. The van der Waals surface area contributed by atoms with Crippen molar-refractivity contribution in [3.8, 4) is 0 Å². The smallest absolute Gasteiger partial charge is 0.232 e. The van der Waals surface area contributed by atoms with Gasteiger partial charge in [-0.15, -0.1) is 0 Å². The van der Waals surface area contributed by atoms with Gasteiger partial charge in [-0.05, 0) is 69.7 Å². The Bertz CT molecular complexity index is 543. The van der Waals surface area contributed by atoms with Crippen LogP contribution >= 0.6 is 11.6 Å². The fourth-order valence-corrected chi connectivity index (χ4v) is 3.45.